The van der Waals surface area contributed by atoms with E-state index >= 15 is 0 Å². The molecule has 0 saturated carbocycles. The van der Waals surface area contributed by atoms with Crippen LogP contribution in [0.25, 0.3) is 6.08 Å². The summed E-state index contributed by atoms with van der Waals surface area (Å²) in [6, 6.07) is 4.00. The average molecular weight is 358 g/mol. The molecule has 3 rings (SSSR count). The minimum atomic E-state index is -0.164. The van der Waals surface area contributed by atoms with Gasteiger partial charge in [0.2, 0.25) is 5.91 Å². The van der Waals surface area contributed by atoms with Crippen molar-refractivity contribution in [1.82, 2.24) is 10.3 Å². The van der Waals surface area contributed by atoms with Crippen molar-refractivity contribution >= 4 is 23.3 Å². The molecular formula is C19H22N2O3S. The zero-order chi connectivity index (χ0) is 17.8. The molecular weight excluding hydrogens is 336 g/mol. The largest absolute Gasteiger partial charge is 0.494 e. The van der Waals surface area contributed by atoms with Gasteiger partial charge in [0.25, 0.3) is 0 Å². The predicted molar refractivity (Wildman–Crippen MR) is 99.1 cm³/mol. The van der Waals surface area contributed by atoms with Gasteiger partial charge in [0, 0.05) is 35.5 Å². The maximum absolute atomic E-state index is 12.1. The number of amides is 1. The molecule has 0 saturated heterocycles. The normalized spacial score (nSPS) is 15.9. The summed E-state index contributed by atoms with van der Waals surface area (Å²) in [5, 5.41) is 5.79. The van der Waals surface area contributed by atoms with Crippen LogP contribution in [0.3, 0.4) is 0 Å². The van der Waals surface area contributed by atoms with Crippen LogP contribution in [0.15, 0.2) is 23.6 Å². The van der Waals surface area contributed by atoms with E-state index in [0.29, 0.717) is 13.2 Å². The van der Waals surface area contributed by atoms with Gasteiger partial charge in [-0.3, -0.25) is 4.79 Å². The van der Waals surface area contributed by atoms with E-state index in [1.54, 1.807) is 17.4 Å². The smallest absolute Gasteiger partial charge is 0.244 e. The third-order valence-corrected chi connectivity index (χ3v) is 4.67. The average Bonchev–Trinajstić information content (AvgIpc) is 3.15. The van der Waals surface area contributed by atoms with Gasteiger partial charge in [-0.05, 0) is 39.0 Å². The first-order valence-corrected chi connectivity index (χ1v) is 9.26. The van der Waals surface area contributed by atoms with Gasteiger partial charge in [-0.25, -0.2) is 4.98 Å². The summed E-state index contributed by atoms with van der Waals surface area (Å²) < 4.78 is 11.5. The minimum Gasteiger partial charge on any atom is -0.494 e. The van der Waals surface area contributed by atoms with E-state index in [-0.39, 0.29) is 12.0 Å². The summed E-state index contributed by atoms with van der Waals surface area (Å²) in [7, 11) is 0. The quantitative estimate of drug-likeness (QED) is 0.803. The maximum Gasteiger partial charge on any atom is 0.244 e. The molecule has 0 fully saturated rings. The number of ether oxygens (including phenoxy) is 2. The van der Waals surface area contributed by atoms with Crippen molar-refractivity contribution in [3.05, 3.63) is 45.4 Å². The number of hydrogen-bond acceptors (Lipinski definition) is 5. The van der Waals surface area contributed by atoms with Crippen LogP contribution in [0.2, 0.25) is 0 Å². The number of aromatic nitrogens is 1. The van der Waals surface area contributed by atoms with Crippen LogP contribution in [0.4, 0.5) is 0 Å². The Morgan fingerprint density at radius 1 is 1.52 bits per heavy atom. The van der Waals surface area contributed by atoms with Crippen molar-refractivity contribution in [2.45, 2.75) is 39.8 Å². The van der Waals surface area contributed by atoms with E-state index in [1.165, 1.54) is 6.08 Å². The van der Waals surface area contributed by atoms with E-state index in [9.17, 15) is 4.79 Å². The van der Waals surface area contributed by atoms with Crippen LogP contribution in [0, 0.1) is 6.92 Å². The number of fused-ring (bicyclic) bond motifs is 1. The Morgan fingerprint density at radius 3 is 3.08 bits per heavy atom. The first-order valence-electron chi connectivity index (χ1n) is 8.38. The van der Waals surface area contributed by atoms with Gasteiger partial charge in [0.15, 0.2) is 0 Å². The molecule has 1 aliphatic heterocycles. The molecule has 0 radical (unpaired) electrons. The Kier molecular flexibility index (Phi) is 5.38. The summed E-state index contributed by atoms with van der Waals surface area (Å²) in [6.45, 7) is 6.91. The van der Waals surface area contributed by atoms with Gasteiger partial charge in [-0.1, -0.05) is 0 Å². The number of aryl methyl sites for hydroxylation is 1. The predicted octanol–water partition coefficient (Wildman–Crippen LogP) is 3.50. The van der Waals surface area contributed by atoms with Gasteiger partial charge in [0.1, 0.15) is 17.6 Å². The number of thiazole rings is 1. The molecule has 6 heteroatoms. The van der Waals surface area contributed by atoms with Crippen molar-refractivity contribution in [2.75, 3.05) is 6.61 Å². The Balaban J connectivity index is 1.66. The lowest BCUT2D eigenvalue weighted by molar-refractivity contribution is -0.116. The lowest BCUT2D eigenvalue weighted by Crippen LogP contribution is -2.20. The standard InChI is InChI=1S/C19H22N2O3S/c1-4-23-17-8-14-7-12(2)24-18(14)9-15(17)10-20-19(22)6-5-16-11-25-13(3)21-16/h5-6,8-9,11-12H,4,7,10H2,1-3H3,(H,20,22)/b6-5+. The zero-order valence-corrected chi connectivity index (χ0v) is 15.5. The highest BCUT2D eigenvalue weighted by atomic mass is 32.1. The van der Waals surface area contributed by atoms with Crippen molar-refractivity contribution in [3.63, 3.8) is 0 Å². The first kappa shape index (κ1) is 17.5. The highest BCUT2D eigenvalue weighted by molar-refractivity contribution is 7.09. The molecule has 1 aromatic heterocycles. The van der Waals surface area contributed by atoms with Crippen molar-refractivity contribution in [2.24, 2.45) is 0 Å². The first-order chi connectivity index (χ1) is 12.0. The summed E-state index contributed by atoms with van der Waals surface area (Å²) in [5.41, 5.74) is 2.87. The van der Waals surface area contributed by atoms with Crippen molar-refractivity contribution in [1.29, 1.82) is 0 Å². The molecule has 132 valence electrons. The second-order valence-electron chi connectivity index (χ2n) is 5.98. The zero-order valence-electron chi connectivity index (χ0n) is 14.7. The van der Waals surface area contributed by atoms with Gasteiger partial charge >= 0.3 is 0 Å². The third-order valence-electron chi connectivity index (χ3n) is 3.87. The second kappa shape index (κ2) is 7.70. The number of nitrogens with one attached hydrogen (secondary N) is 1. The molecule has 2 aromatic rings. The summed E-state index contributed by atoms with van der Waals surface area (Å²) in [5.74, 6) is 1.52. The lowest BCUT2D eigenvalue weighted by atomic mass is 10.1. The van der Waals surface area contributed by atoms with Crippen LogP contribution >= 0.6 is 11.3 Å². The number of benzene rings is 1. The fourth-order valence-electron chi connectivity index (χ4n) is 2.77. The van der Waals surface area contributed by atoms with E-state index in [2.05, 4.69) is 10.3 Å². The van der Waals surface area contributed by atoms with Crippen LogP contribution in [0.1, 0.15) is 35.7 Å². The Bertz CT molecular complexity index is 798. The molecule has 5 nitrogen and oxygen atoms in total. The topological polar surface area (TPSA) is 60.5 Å². The Labute approximate surface area is 151 Å². The highest BCUT2D eigenvalue weighted by Gasteiger charge is 2.21. The van der Waals surface area contributed by atoms with Gasteiger partial charge in [0.05, 0.1) is 17.3 Å². The molecule has 1 atom stereocenters. The summed E-state index contributed by atoms with van der Waals surface area (Å²) in [6.07, 6.45) is 4.29. The molecule has 2 heterocycles. The number of carbonyl (C=O) groups is 1. The van der Waals surface area contributed by atoms with Gasteiger partial charge in [-0.2, -0.15) is 0 Å². The fourth-order valence-corrected chi connectivity index (χ4v) is 3.35. The molecule has 1 N–H and O–H groups in total. The molecule has 1 unspecified atom stereocenters. The van der Waals surface area contributed by atoms with E-state index in [4.69, 9.17) is 9.47 Å². The van der Waals surface area contributed by atoms with Crippen molar-refractivity contribution in [3.8, 4) is 11.5 Å². The minimum absolute atomic E-state index is 0.164. The van der Waals surface area contributed by atoms with Gasteiger partial charge < -0.3 is 14.8 Å². The number of nitrogens with zero attached hydrogens (tertiary/aromatic N) is 1. The molecule has 0 spiro atoms. The number of carbonyl (C=O) groups excluding carboxylic acids is 1. The number of hydrogen-bond donors (Lipinski definition) is 1. The van der Waals surface area contributed by atoms with Crippen LogP contribution < -0.4 is 14.8 Å². The molecule has 1 aromatic carbocycles. The van der Waals surface area contributed by atoms with E-state index in [0.717, 1.165) is 39.7 Å². The molecule has 25 heavy (non-hydrogen) atoms. The monoisotopic (exact) mass is 358 g/mol. The lowest BCUT2D eigenvalue weighted by Gasteiger charge is -2.13. The van der Waals surface area contributed by atoms with Crippen LogP contribution in [-0.4, -0.2) is 23.6 Å². The van der Waals surface area contributed by atoms with Gasteiger partial charge in [-0.15, -0.1) is 11.3 Å². The fraction of sp³-hybridized carbons (Fsp3) is 0.368. The molecule has 1 amide bonds. The number of rotatable bonds is 6. The SMILES string of the molecule is CCOc1cc2c(cc1CNC(=O)/C=C/c1csc(C)n1)OC(C)C2. The third kappa shape index (κ3) is 4.39. The molecule has 0 aliphatic carbocycles. The maximum atomic E-state index is 12.1. The molecule has 0 bridgehead atoms. The van der Waals surface area contributed by atoms with E-state index < -0.39 is 0 Å². The highest BCUT2D eigenvalue weighted by Crippen LogP contribution is 2.35. The molecule has 1 aliphatic rings. The second-order valence-corrected chi connectivity index (χ2v) is 7.04. The van der Waals surface area contributed by atoms with Crippen molar-refractivity contribution < 1.29 is 14.3 Å². The summed E-state index contributed by atoms with van der Waals surface area (Å²) in [4.78, 5) is 16.4. The Morgan fingerprint density at radius 2 is 2.36 bits per heavy atom. The van der Waals surface area contributed by atoms with Crippen LogP contribution in [-0.2, 0) is 17.8 Å². The van der Waals surface area contributed by atoms with E-state index in [1.807, 2.05) is 38.3 Å². The van der Waals surface area contributed by atoms with Crippen LogP contribution in [0.5, 0.6) is 11.5 Å². The Hall–Kier alpha value is -2.34. The summed E-state index contributed by atoms with van der Waals surface area (Å²) >= 11 is 1.56.